The molecule has 0 aliphatic heterocycles. The van der Waals surface area contributed by atoms with Gasteiger partial charge in [-0.1, -0.05) is 6.07 Å². The Hall–Kier alpha value is -1.26. The van der Waals surface area contributed by atoms with Gasteiger partial charge in [0.1, 0.15) is 6.23 Å². The van der Waals surface area contributed by atoms with Crippen molar-refractivity contribution in [3.8, 4) is 11.5 Å². The molecule has 4 nitrogen and oxygen atoms in total. The molecule has 1 atom stereocenters. The topological polar surface area (TPSA) is 39.7 Å². The van der Waals surface area contributed by atoms with E-state index in [0.29, 0.717) is 11.5 Å². The summed E-state index contributed by atoms with van der Waals surface area (Å²) in [5, 5.41) is 3.04. The molecule has 0 saturated carbocycles. The number of benzene rings is 1. The molecule has 4 heteroatoms. The molecule has 0 radical (unpaired) electrons. The first-order valence-corrected chi connectivity index (χ1v) is 4.68. The van der Waals surface area contributed by atoms with E-state index in [1.807, 2.05) is 25.2 Å². The van der Waals surface area contributed by atoms with Crippen molar-refractivity contribution in [1.29, 1.82) is 0 Å². The molecule has 1 rings (SSSR count). The van der Waals surface area contributed by atoms with Gasteiger partial charge in [-0.3, -0.25) is 5.32 Å². The SMILES string of the molecule is CNC(OC)c1ccc(OC)c(OC)c1. The second-order valence-corrected chi connectivity index (χ2v) is 3.02. The van der Waals surface area contributed by atoms with Gasteiger partial charge in [0, 0.05) is 7.11 Å². The highest BCUT2D eigenvalue weighted by Crippen LogP contribution is 2.29. The van der Waals surface area contributed by atoms with Gasteiger partial charge in [0.05, 0.1) is 14.2 Å². The quantitative estimate of drug-likeness (QED) is 0.750. The molecule has 0 spiro atoms. The second-order valence-electron chi connectivity index (χ2n) is 3.02. The van der Waals surface area contributed by atoms with Crippen LogP contribution in [-0.2, 0) is 4.74 Å². The Balaban J connectivity index is 3.01. The van der Waals surface area contributed by atoms with Gasteiger partial charge in [-0.05, 0) is 24.7 Å². The Labute approximate surface area is 90.1 Å². The molecule has 1 aromatic carbocycles. The first-order chi connectivity index (χ1) is 7.26. The summed E-state index contributed by atoms with van der Waals surface area (Å²) in [6, 6.07) is 5.69. The molecule has 0 heterocycles. The summed E-state index contributed by atoms with van der Waals surface area (Å²) in [5.41, 5.74) is 0.998. The van der Waals surface area contributed by atoms with E-state index in [4.69, 9.17) is 14.2 Å². The van der Waals surface area contributed by atoms with Gasteiger partial charge in [-0.25, -0.2) is 0 Å². The van der Waals surface area contributed by atoms with Crippen molar-refractivity contribution in [3.05, 3.63) is 23.8 Å². The molecular formula is C11H17NO3. The van der Waals surface area contributed by atoms with E-state index in [1.165, 1.54) is 0 Å². The zero-order chi connectivity index (χ0) is 11.3. The van der Waals surface area contributed by atoms with Crippen molar-refractivity contribution < 1.29 is 14.2 Å². The van der Waals surface area contributed by atoms with E-state index < -0.39 is 0 Å². The summed E-state index contributed by atoms with van der Waals surface area (Å²) >= 11 is 0. The highest BCUT2D eigenvalue weighted by atomic mass is 16.5. The molecule has 0 bridgehead atoms. The number of hydrogen-bond acceptors (Lipinski definition) is 4. The lowest BCUT2D eigenvalue weighted by molar-refractivity contribution is 0.0806. The fourth-order valence-corrected chi connectivity index (χ4v) is 1.44. The number of hydrogen-bond donors (Lipinski definition) is 1. The van der Waals surface area contributed by atoms with E-state index in [2.05, 4.69) is 5.32 Å². The van der Waals surface area contributed by atoms with Crippen LogP contribution in [0.1, 0.15) is 11.8 Å². The molecule has 1 N–H and O–H groups in total. The summed E-state index contributed by atoms with van der Waals surface area (Å²) in [6.45, 7) is 0. The summed E-state index contributed by atoms with van der Waals surface area (Å²) in [4.78, 5) is 0. The monoisotopic (exact) mass is 211 g/mol. The molecule has 1 aromatic rings. The smallest absolute Gasteiger partial charge is 0.161 e. The summed E-state index contributed by atoms with van der Waals surface area (Å²) in [6.07, 6.45) is -0.134. The normalized spacial score (nSPS) is 12.3. The van der Waals surface area contributed by atoms with Crippen LogP contribution in [-0.4, -0.2) is 28.4 Å². The Kier molecular flexibility index (Phi) is 4.39. The van der Waals surface area contributed by atoms with Gasteiger partial charge >= 0.3 is 0 Å². The highest BCUT2D eigenvalue weighted by Gasteiger charge is 2.11. The van der Waals surface area contributed by atoms with E-state index in [0.717, 1.165) is 5.56 Å². The standard InChI is InChI=1S/C11H17NO3/c1-12-11(15-4)8-5-6-9(13-2)10(7-8)14-3/h5-7,11-12H,1-4H3. The predicted octanol–water partition coefficient (Wildman–Crippen LogP) is 1.57. The number of nitrogens with one attached hydrogen (secondary N) is 1. The zero-order valence-corrected chi connectivity index (χ0v) is 9.53. The van der Waals surface area contributed by atoms with Crippen LogP contribution in [0, 0.1) is 0 Å². The van der Waals surface area contributed by atoms with Crippen LogP contribution in [0.2, 0.25) is 0 Å². The molecule has 15 heavy (non-hydrogen) atoms. The lowest BCUT2D eigenvalue weighted by Crippen LogP contribution is -2.17. The third-order valence-corrected chi connectivity index (χ3v) is 2.21. The van der Waals surface area contributed by atoms with Crippen LogP contribution in [0.4, 0.5) is 0 Å². The van der Waals surface area contributed by atoms with Gasteiger partial charge in [0.2, 0.25) is 0 Å². The molecule has 0 aliphatic carbocycles. The summed E-state index contributed by atoms with van der Waals surface area (Å²) < 4.78 is 15.6. The van der Waals surface area contributed by atoms with Crippen molar-refractivity contribution in [2.45, 2.75) is 6.23 Å². The fourth-order valence-electron chi connectivity index (χ4n) is 1.44. The minimum atomic E-state index is -0.134. The minimum Gasteiger partial charge on any atom is -0.493 e. The van der Waals surface area contributed by atoms with Crippen molar-refractivity contribution >= 4 is 0 Å². The molecule has 84 valence electrons. The van der Waals surface area contributed by atoms with Gasteiger partial charge < -0.3 is 14.2 Å². The summed E-state index contributed by atoms with van der Waals surface area (Å²) in [5.74, 6) is 1.42. The average Bonchev–Trinajstić information content (AvgIpc) is 2.30. The van der Waals surface area contributed by atoms with E-state index >= 15 is 0 Å². The van der Waals surface area contributed by atoms with Gasteiger partial charge in [0.15, 0.2) is 11.5 Å². The van der Waals surface area contributed by atoms with Crippen molar-refractivity contribution in [1.82, 2.24) is 5.32 Å². The third kappa shape index (κ3) is 2.61. The van der Waals surface area contributed by atoms with Crippen LogP contribution in [0.15, 0.2) is 18.2 Å². The maximum Gasteiger partial charge on any atom is 0.161 e. The summed E-state index contributed by atoms with van der Waals surface area (Å²) in [7, 11) is 6.72. The van der Waals surface area contributed by atoms with Crippen molar-refractivity contribution in [2.24, 2.45) is 0 Å². The number of methoxy groups -OCH3 is 3. The predicted molar refractivity (Wildman–Crippen MR) is 58.4 cm³/mol. The molecular weight excluding hydrogens is 194 g/mol. The molecule has 0 aliphatic rings. The fraction of sp³-hybridized carbons (Fsp3) is 0.455. The first-order valence-electron chi connectivity index (χ1n) is 4.68. The molecule has 0 amide bonds. The van der Waals surface area contributed by atoms with Crippen LogP contribution in [0.25, 0.3) is 0 Å². The Morgan fingerprint density at radius 3 is 2.20 bits per heavy atom. The highest BCUT2D eigenvalue weighted by molar-refractivity contribution is 5.43. The van der Waals surface area contributed by atoms with E-state index in [1.54, 1.807) is 21.3 Å². The van der Waals surface area contributed by atoms with Gasteiger partial charge in [-0.2, -0.15) is 0 Å². The number of ether oxygens (including phenoxy) is 3. The molecule has 0 fully saturated rings. The van der Waals surface area contributed by atoms with E-state index in [9.17, 15) is 0 Å². The Morgan fingerprint density at radius 1 is 1.07 bits per heavy atom. The molecule has 0 saturated heterocycles. The van der Waals surface area contributed by atoms with Crippen LogP contribution >= 0.6 is 0 Å². The van der Waals surface area contributed by atoms with Gasteiger partial charge in [-0.15, -0.1) is 0 Å². The van der Waals surface area contributed by atoms with Crippen molar-refractivity contribution in [2.75, 3.05) is 28.4 Å². The van der Waals surface area contributed by atoms with Crippen molar-refractivity contribution in [3.63, 3.8) is 0 Å². The average molecular weight is 211 g/mol. The minimum absolute atomic E-state index is 0.134. The zero-order valence-electron chi connectivity index (χ0n) is 9.53. The Bertz CT molecular complexity index is 311. The lowest BCUT2D eigenvalue weighted by Gasteiger charge is -2.16. The molecule has 0 aromatic heterocycles. The third-order valence-electron chi connectivity index (χ3n) is 2.21. The maximum atomic E-state index is 5.25. The van der Waals surface area contributed by atoms with E-state index in [-0.39, 0.29) is 6.23 Å². The van der Waals surface area contributed by atoms with Crippen LogP contribution < -0.4 is 14.8 Å². The number of rotatable bonds is 5. The largest absolute Gasteiger partial charge is 0.493 e. The first kappa shape index (κ1) is 11.8. The van der Waals surface area contributed by atoms with Crippen LogP contribution in [0.5, 0.6) is 11.5 Å². The Morgan fingerprint density at radius 2 is 1.73 bits per heavy atom. The van der Waals surface area contributed by atoms with Gasteiger partial charge in [0.25, 0.3) is 0 Å². The van der Waals surface area contributed by atoms with Crippen LogP contribution in [0.3, 0.4) is 0 Å². The maximum absolute atomic E-state index is 5.25. The second kappa shape index (κ2) is 5.58. The lowest BCUT2D eigenvalue weighted by atomic mass is 10.1. The molecule has 1 unspecified atom stereocenters.